The minimum atomic E-state index is -4.44. The molecule has 0 spiro atoms. The molecule has 2 fully saturated rings. The molecule has 2 aliphatic rings. The van der Waals surface area contributed by atoms with Gasteiger partial charge in [-0.25, -0.2) is 0 Å². The zero-order valence-corrected chi connectivity index (χ0v) is 10.9. The Morgan fingerprint density at radius 3 is 2.70 bits per heavy atom. The van der Waals surface area contributed by atoms with Crippen LogP contribution in [0.4, 0.5) is 19.0 Å². The first kappa shape index (κ1) is 13.6. The normalized spacial score (nSPS) is 30.1. The highest BCUT2D eigenvalue weighted by molar-refractivity contribution is 5.35. The van der Waals surface area contributed by atoms with Crippen molar-refractivity contribution in [3.05, 3.63) is 17.8 Å². The molecule has 1 saturated heterocycles. The lowest BCUT2D eigenvalue weighted by Gasteiger charge is -2.33. The number of alkyl halides is 3. The second kappa shape index (κ2) is 5.20. The number of rotatable bonds is 2. The number of halogens is 3. The quantitative estimate of drug-likeness (QED) is 0.908. The van der Waals surface area contributed by atoms with E-state index in [4.69, 9.17) is 4.74 Å². The molecule has 3 unspecified atom stereocenters. The third-order valence-electron chi connectivity index (χ3n) is 4.07. The van der Waals surface area contributed by atoms with Gasteiger partial charge in [0, 0.05) is 18.6 Å². The summed E-state index contributed by atoms with van der Waals surface area (Å²) in [6.45, 7) is 0.770. The van der Waals surface area contributed by atoms with Gasteiger partial charge in [-0.05, 0) is 37.8 Å². The molecule has 1 aliphatic heterocycles. The van der Waals surface area contributed by atoms with Crippen LogP contribution in [0.25, 0.3) is 0 Å². The van der Waals surface area contributed by atoms with Crippen molar-refractivity contribution < 1.29 is 17.9 Å². The first-order valence-corrected chi connectivity index (χ1v) is 6.83. The number of nitrogens with zero attached hydrogens (tertiary/aromatic N) is 2. The minimum Gasteiger partial charge on any atom is -0.378 e. The molecule has 4 nitrogen and oxygen atoms in total. The maximum Gasteiger partial charge on any atom is 0.435 e. The van der Waals surface area contributed by atoms with Crippen LogP contribution in [0.5, 0.6) is 0 Å². The van der Waals surface area contributed by atoms with Crippen LogP contribution in [0.2, 0.25) is 0 Å². The largest absolute Gasteiger partial charge is 0.435 e. The molecule has 3 rings (SSSR count). The molecular weight excluding hydrogens is 271 g/mol. The lowest BCUT2D eigenvalue weighted by atomic mass is 9.82. The Bertz CT molecular complexity index is 463. The van der Waals surface area contributed by atoms with Crippen LogP contribution in [0.3, 0.4) is 0 Å². The van der Waals surface area contributed by atoms with Crippen molar-refractivity contribution in [3.63, 3.8) is 0 Å². The minimum absolute atomic E-state index is 0.210. The number of anilines is 1. The van der Waals surface area contributed by atoms with Crippen molar-refractivity contribution in [3.8, 4) is 0 Å². The van der Waals surface area contributed by atoms with Gasteiger partial charge in [0.1, 0.15) is 5.82 Å². The van der Waals surface area contributed by atoms with E-state index in [0.29, 0.717) is 11.7 Å². The summed E-state index contributed by atoms with van der Waals surface area (Å²) in [5.74, 6) is 0.823. The SMILES string of the molecule is FC(F)(F)c1ccc(NC2CCCC3OCCC23)nn1. The van der Waals surface area contributed by atoms with Crippen LogP contribution in [-0.4, -0.2) is 29.0 Å². The zero-order chi connectivity index (χ0) is 14.2. The van der Waals surface area contributed by atoms with Gasteiger partial charge in [0.25, 0.3) is 0 Å². The van der Waals surface area contributed by atoms with Crippen LogP contribution in [0.15, 0.2) is 12.1 Å². The first-order valence-electron chi connectivity index (χ1n) is 6.83. The van der Waals surface area contributed by atoms with Gasteiger partial charge in [-0.2, -0.15) is 13.2 Å². The summed E-state index contributed by atoms with van der Waals surface area (Å²) in [4.78, 5) is 0. The van der Waals surface area contributed by atoms with Crippen molar-refractivity contribution in [1.29, 1.82) is 0 Å². The molecule has 1 aliphatic carbocycles. The van der Waals surface area contributed by atoms with Gasteiger partial charge >= 0.3 is 6.18 Å². The van der Waals surface area contributed by atoms with E-state index in [1.165, 1.54) is 6.07 Å². The fourth-order valence-corrected chi connectivity index (χ4v) is 3.11. The number of nitrogens with one attached hydrogen (secondary N) is 1. The average Bonchev–Trinajstić information content (AvgIpc) is 2.88. The smallest absolute Gasteiger partial charge is 0.378 e. The molecule has 0 bridgehead atoms. The fourth-order valence-electron chi connectivity index (χ4n) is 3.11. The van der Waals surface area contributed by atoms with Gasteiger partial charge in [0.05, 0.1) is 6.10 Å². The molecule has 1 N–H and O–H groups in total. The Labute approximate surface area is 114 Å². The molecule has 7 heteroatoms. The molecule has 110 valence electrons. The van der Waals surface area contributed by atoms with E-state index < -0.39 is 11.9 Å². The number of aromatic nitrogens is 2. The Morgan fingerprint density at radius 1 is 1.15 bits per heavy atom. The average molecular weight is 287 g/mol. The first-order chi connectivity index (χ1) is 9.54. The van der Waals surface area contributed by atoms with Crippen molar-refractivity contribution in [2.75, 3.05) is 11.9 Å². The third kappa shape index (κ3) is 2.72. The predicted molar refractivity (Wildman–Crippen MR) is 66.1 cm³/mol. The summed E-state index contributed by atoms with van der Waals surface area (Å²) in [6.07, 6.45) is -0.0395. The molecule has 3 atom stereocenters. The van der Waals surface area contributed by atoms with Gasteiger partial charge < -0.3 is 10.1 Å². The van der Waals surface area contributed by atoms with Crippen LogP contribution in [-0.2, 0) is 10.9 Å². The van der Waals surface area contributed by atoms with E-state index in [0.717, 1.165) is 38.4 Å². The van der Waals surface area contributed by atoms with Crippen LogP contribution in [0, 0.1) is 5.92 Å². The lowest BCUT2D eigenvalue weighted by molar-refractivity contribution is -0.141. The molecule has 20 heavy (non-hydrogen) atoms. The molecule has 0 aromatic carbocycles. The molecule has 1 aromatic rings. The van der Waals surface area contributed by atoms with Gasteiger partial charge in [-0.3, -0.25) is 0 Å². The van der Waals surface area contributed by atoms with Crippen molar-refractivity contribution in [1.82, 2.24) is 10.2 Å². The topological polar surface area (TPSA) is 47.0 Å². The van der Waals surface area contributed by atoms with Crippen molar-refractivity contribution in [2.45, 2.75) is 44.0 Å². The summed E-state index contributed by atoms with van der Waals surface area (Å²) in [5, 5.41) is 10.1. The van der Waals surface area contributed by atoms with Crippen molar-refractivity contribution in [2.24, 2.45) is 5.92 Å². The van der Waals surface area contributed by atoms with E-state index in [1.807, 2.05) is 0 Å². The molecule has 0 amide bonds. The number of hydrogen-bond acceptors (Lipinski definition) is 4. The van der Waals surface area contributed by atoms with E-state index >= 15 is 0 Å². The molecule has 1 aromatic heterocycles. The second-order valence-electron chi connectivity index (χ2n) is 5.35. The number of ether oxygens (including phenoxy) is 1. The van der Waals surface area contributed by atoms with Crippen LogP contribution >= 0.6 is 0 Å². The van der Waals surface area contributed by atoms with Gasteiger partial charge in [0.2, 0.25) is 0 Å². The maximum atomic E-state index is 12.4. The maximum absolute atomic E-state index is 12.4. The third-order valence-corrected chi connectivity index (χ3v) is 4.07. The number of hydrogen-bond donors (Lipinski definition) is 1. The van der Waals surface area contributed by atoms with Crippen molar-refractivity contribution >= 4 is 5.82 Å². The van der Waals surface area contributed by atoms with E-state index in [9.17, 15) is 13.2 Å². The monoisotopic (exact) mass is 287 g/mol. The van der Waals surface area contributed by atoms with Gasteiger partial charge in [-0.1, -0.05) is 0 Å². The summed E-state index contributed by atoms with van der Waals surface area (Å²) in [7, 11) is 0. The Hall–Kier alpha value is -1.37. The van der Waals surface area contributed by atoms with Gasteiger partial charge in [-0.15, -0.1) is 10.2 Å². The van der Waals surface area contributed by atoms with E-state index in [1.54, 1.807) is 0 Å². The van der Waals surface area contributed by atoms with Gasteiger partial charge in [0.15, 0.2) is 5.69 Å². The number of fused-ring (bicyclic) bond motifs is 1. The van der Waals surface area contributed by atoms with Crippen LogP contribution in [0.1, 0.15) is 31.4 Å². The highest BCUT2D eigenvalue weighted by Gasteiger charge is 2.38. The molecule has 2 heterocycles. The fraction of sp³-hybridized carbons (Fsp3) is 0.692. The highest BCUT2D eigenvalue weighted by atomic mass is 19.4. The lowest BCUT2D eigenvalue weighted by Crippen LogP contribution is -2.38. The summed E-state index contributed by atoms with van der Waals surface area (Å²) >= 11 is 0. The van der Waals surface area contributed by atoms with E-state index in [2.05, 4.69) is 15.5 Å². The molecular formula is C13H16F3N3O. The zero-order valence-electron chi connectivity index (χ0n) is 10.9. The predicted octanol–water partition coefficient (Wildman–Crippen LogP) is 2.86. The Morgan fingerprint density at radius 2 is 2.00 bits per heavy atom. The molecule has 0 radical (unpaired) electrons. The Balaban J connectivity index is 1.68. The summed E-state index contributed by atoms with van der Waals surface area (Å²) in [5.41, 5.74) is -0.964. The Kier molecular flexibility index (Phi) is 3.54. The van der Waals surface area contributed by atoms with Crippen LogP contribution < -0.4 is 5.32 Å². The second-order valence-corrected chi connectivity index (χ2v) is 5.35. The summed E-state index contributed by atoms with van der Waals surface area (Å²) < 4.78 is 42.9. The summed E-state index contributed by atoms with van der Waals surface area (Å²) in [6, 6.07) is 2.51. The molecule has 1 saturated carbocycles. The standard InChI is InChI=1S/C13H16F3N3O/c14-13(15,16)11-4-5-12(19-18-11)17-9-2-1-3-10-8(9)6-7-20-10/h4-5,8-10H,1-3,6-7H2,(H,17,19). The van der Waals surface area contributed by atoms with E-state index in [-0.39, 0.29) is 12.1 Å². The highest BCUT2D eigenvalue weighted by Crippen LogP contribution is 2.36.